The second kappa shape index (κ2) is 27.6. The van der Waals surface area contributed by atoms with Crippen LogP contribution >= 0.6 is 0 Å². The molecule has 0 spiro atoms. The van der Waals surface area contributed by atoms with Gasteiger partial charge >= 0.3 is 0 Å². The van der Waals surface area contributed by atoms with Crippen molar-refractivity contribution in [1.29, 1.82) is 0 Å². The van der Waals surface area contributed by atoms with Crippen LogP contribution in [0.3, 0.4) is 0 Å². The van der Waals surface area contributed by atoms with Gasteiger partial charge in [0.05, 0.1) is 50.3 Å². The van der Waals surface area contributed by atoms with Crippen LogP contribution in [0.5, 0.6) is 0 Å². The van der Waals surface area contributed by atoms with Crippen molar-refractivity contribution in [2.24, 2.45) is 0 Å². The van der Waals surface area contributed by atoms with E-state index >= 15 is 0 Å². The van der Waals surface area contributed by atoms with Crippen LogP contribution < -0.4 is 5.32 Å². The Hall–Kier alpha value is -2.01. The Bertz CT molecular complexity index is 1120. The smallest absolute Gasteiger partial charge is 0.220 e. The number of unbranched alkanes of at least 4 members (excludes halogenated alkanes) is 3. The molecule has 0 bridgehead atoms. The van der Waals surface area contributed by atoms with Crippen molar-refractivity contribution in [2.45, 2.75) is 165 Å². The van der Waals surface area contributed by atoms with Crippen LogP contribution in [0.1, 0.15) is 97.3 Å². The Kier molecular flexibility index (Phi) is 23.7. The van der Waals surface area contributed by atoms with Crippen molar-refractivity contribution in [3.63, 3.8) is 0 Å². The van der Waals surface area contributed by atoms with Crippen molar-refractivity contribution in [1.82, 2.24) is 5.32 Å². The van der Waals surface area contributed by atoms with Crippen molar-refractivity contribution in [2.75, 3.05) is 40.6 Å². The Morgan fingerprint density at radius 3 is 2.00 bits per heavy atom. The fourth-order valence-electron chi connectivity index (χ4n) is 6.62. The van der Waals surface area contributed by atoms with Crippen LogP contribution in [-0.4, -0.2) is 130 Å². The van der Waals surface area contributed by atoms with Gasteiger partial charge in [-0.1, -0.05) is 68.4 Å². The maximum atomic E-state index is 12.5. The Morgan fingerprint density at radius 1 is 0.741 bits per heavy atom. The molecule has 0 aliphatic carbocycles. The standard InChI is InChI=1S/C41H69NO12/c1-5-6-7-8-9-10-11-12-13-14-15-16-17-18-19-20-21-37(46)42-24-25-49-41-38(54-39-33(45)27-35(48-4)30(2)50-39)36(26-32(29-44)52-41)53-40-34(47-3)23-22-31(28-43)51-40/h8-9,11-12,14-15,17-18,30-36,38-41,43-45H,5-7,10,13,16,19-29H2,1-4H3,(H,42,46)/b9-8-,12-11-,15-14-,18-17-/t30-,31+,32+,33-,34-,35+,36+,38-,39+,40+,41-/m1/s1. The number of allylic oxidation sites excluding steroid dienone is 8. The van der Waals surface area contributed by atoms with Crippen LogP contribution in [0, 0.1) is 0 Å². The molecule has 310 valence electrons. The van der Waals surface area contributed by atoms with Crippen LogP contribution in [0.25, 0.3) is 0 Å². The molecule has 3 aliphatic heterocycles. The molecule has 0 aromatic heterocycles. The first-order valence-electron chi connectivity index (χ1n) is 20.0. The zero-order valence-corrected chi connectivity index (χ0v) is 33.0. The van der Waals surface area contributed by atoms with Gasteiger partial charge in [0.1, 0.15) is 18.3 Å². The van der Waals surface area contributed by atoms with Gasteiger partial charge in [0.25, 0.3) is 0 Å². The molecular formula is C41H69NO12. The highest BCUT2D eigenvalue weighted by atomic mass is 16.8. The molecule has 0 radical (unpaired) electrons. The van der Waals surface area contributed by atoms with E-state index in [0.29, 0.717) is 25.7 Å². The molecular weight excluding hydrogens is 698 g/mol. The molecule has 3 rings (SSSR count). The largest absolute Gasteiger partial charge is 0.394 e. The SMILES string of the molecule is CCCC/C=C\C/C=C\C/C=C\C/C=C\CCCC(=O)NCCO[C@@H]1O[C@H](CO)C[C@H](O[C@@H]2O[C@H](CO)CC[C@H]2OC)[C@H]1O[C@@H]1O[C@H](C)[C@@H](OC)C[C@H]1O. The summed E-state index contributed by atoms with van der Waals surface area (Å²) in [6.07, 6.45) is 19.9. The van der Waals surface area contributed by atoms with Crippen LogP contribution in [-0.2, 0) is 42.7 Å². The quantitative estimate of drug-likeness (QED) is 0.0745. The van der Waals surface area contributed by atoms with Crippen LogP contribution in [0.4, 0.5) is 0 Å². The normalized spacial score (nSPS) is 32.4. The van der Waals surface area contributed by atoms with E-state index in [-0.39, 0.29) is 50.9 Å². The average Bonchev–Trinajstić information content (AvgIpc) is 3.18. The minimum atomic E-state index is -1.03. The van der Waals surface area contributed by atoms with Gasteiger partial charge in [-0.2, -0.15) is 0 Å². The molecule has 54 heavy (non-hydrogen) atoms. The number of aliphatic hydroxyl groups excluding tert-OH is 3. The molecule has 13 nitrogen and oxygen atoms in total. The topological polar surface area (TPSA) is 164 Å². The van der Waals surface area contributed by atoms with E-state index in [1.165, 1.54) is 12.8 Å². The fourth-order valence-corrected chi connectivity index (χ4v) is 6.62. The predicted octanol–water partition coefficient (Wildman–Crippen LogP) is 4.78. The summed E-state index contributed by atoms with van der Waals surface area (Å²) in [5.74, 6) is -0.0791. The summed E-state index contributed by atoms with van der Waals surface area (Å²) < 4.78 is 48.2. The third kappa shape index (κ3) is 17.0. The second-order valence-corrected chi connectivity index (χ2v) is 14.1. The maximum Gasteiger partial charge on any atom is 0.220 e. The summed E-state index contributed by atoms with van der Waals surface area (Å²) in [6.45, 7) is 3.93. The fraction of sp³-hybridized carbons (Fsp3) is 0.780. The first-order valence-corrected chi connectivity index (χ1v) is 20.0. The van der Waals surface area contributed by atoms with Crippen molar-refractivity contribution < 1.29 is 58.0 Å². The van der Waals surface area contributed by atoms with E-state index in [1.807, 2.05) is 6.92 Å². The lowest BCUT2D eigenvalue weighted by molar-refractivity contribution is -0.363. The zero-order chi connectivity index (χ0) is 39.0. The van der Waals surface area contributed by atoms with Gasteiger partial charge in [-0.05, 0) is 58.3 Å². The van der Waals surface area contributed by atoms with Crippen molar-refractivity contribution >= 4 is 5.91 Å². The molecule has 3 fully saturated rings. The third-order valence-corrected chi connectivity index (χ3v) is 9.82. The zero-order valence-electron chi connectivity index (χ0n) is 33.0. The Morgan fingerprint density at radius 2 is 1.37 bits per heavy atom. The maximum absolute atomic E-state index is 12.5. The number of hydrogen-bond acceptors (Lipinski definition) is 12. The van der Waals surface area contributed by atoms with Gasteiger partial charge in [0, 0.05) is 40.0 Å². The van der Waals surface area contributed by atoms with E-state index in [4.69, 9.17) is 37.9 Å². The number of aliphatic hydroxyl groups is 3. The number of nitrogens with one attached hydrogen (secondary N) is 1. The van der Waals surface area contributed by atoms with E-state index < -0.39 is 55.5 Å². The van der Waals surface area contributed by atoms with Gasteiger partial charge in [-0.3, -0.25) is 4.79 Å². The number of methoxy groups -OCH3 is 2. The van der Waals surface area contributed by atoms with Crippen molar-refractivity contribution in [3.05, 3.63) is 48.6 Å². The molecule has 3 saturated heterocycles. The van der Waals surface area contributed by atoms with E-state index in [2.05, 4.69) is 60.8 Å². The highest BCUT2D eigenvalue weighted by Gasteiger charge is 2.47. The molecule has 13 heteroatoms. The molecule has 0 aromatic rings. The summed E-state index contributed by atoms with van der Waals surface area (Å²) in [5.41, 5.74) is 0. The number of hydrogen-bond donors (Lipinski definition) is 4. The minimum Gasteiger partial charge on any atom is -0.394 e. The molecule has 3 heterocycles. The molecule has 4 N–H and O–H groups in total. The molecule has 11 atom stereocenters. The molecule has 0 unspecified atom stereocenters. The molecule has 1 amide bonds. The lowest BCUT2D eigenvalue weighted by Gasteiger charge is -2.46. The molecule has 0 saturated carbocycles. The third-order valence-electron chi connectivity index (χ3n) is 9.82. The average molecular weight is 768 g/mol. The Balaban J connectivity index is 1.46. The van der Waals surface area contributed by atoms with E-state index in [9.17, 15) is 20.1 Å². The molecule has 0 aromatic carbocycles. The summed E-state index contributed by atoms with van der Waals surface area (Å²) in [6, 6.07) is 0. The number of amides is 1. The van der Waals surface area contributed by atoms with Gasteiger partial charge in [0.15, 0.2) is 18.9 Å². The summed E-state index contributed by atoms with van der Waals surface area (Å²) in [7, 11) is 3.14. The second-order valence-electron chi connectivity index (χ2n) is 14.1. The first-order chi connectivity index (χ1) is 26.3. The van der Waals surface area contributed by atoms with E-state index in [1.54, 1.807) is 14.2 Å². The first kappa shape index (κ1) is 46.4. The number of ether oxygens (including phenoxy) is 8. The van der Waals surface area contributed by atoms with Gasteiger partial charge in [-0.25, -0.2) is 0 Å². The van der Waals surface area contributed by atoms with Gasteiger partial charge < -0.3 is 58.5 Å². The summed E-state index contributed by atoms with van der Waals surface area (Å²) in [5, 5.41) is 33.7. The highest BCUT2D eigenvalue weighted by Crippen LogP contribution is 2.33. The van der Waals surface area contributed by atoms with E-state index in [0.717, 1.165) is 38.5 Å². The minimum absolute atomic E-state index is 0.0791. The summed E-state index contributed by atoms with van der Waals surface area (Å²) in [4.78, 5) is 12.5. The molecule has 3 aliphatic rings. The van der Waals surface area contributed by atoms with Gasteiger partial charge in [0.2, 0.25) is 5.91 Å². The predicted molar refractivity (Wildman–Crippen MR) is 204 cm³/mol. The van der Waals surface area contributed by atoms with Gasteiger partial charge in [-0.15, -0.1) is 0 Å². The van der Waals surface area contributed by atoms with Crippen LogP contribution in [0.2, 0.25) is 0 Å². The highest BCUT2D eigenvalue weighted by molar-refractivity contribution is 5.75. The summed E-state index contributed by atoms with van der Waals surface area (Å²) >= 11 is 0. The van der Waals surface area contributed by atoms with Crippen LogP contribution in [0.15, 0.2) is 48.6 Å². The van der Waals surface area contributed by atoms with Crippen molar-refractivity contribution in [3.8, 4) is 0 Å². The number of rotatable bonds is 25. The lowest BCUT2D eigenvalue weighted by Crippen LogP contribution is -2.59. The number of carbonyl (C=O) groups is 1. The monoisotopic (exact) mass is 767 g/mol. The lowest BCUT2D eigenvalue weighted by atomic mass is 10.00. The number of carbonyl (C=O) groups excluding carboxylic acids is 1. The Labute approximate surface area is 323 Å².